The van der Waals surface area contributed by atoms with Gasteiger partial charge in [-0.1, -0.05) is 89.6 Å². The van der Waals surface area contributed by atoms with Gasteiger partial charge >= 0.3 is 0 Å². The fraction of sp³-hybridized carbons (Fsp3) is 0.222. The molecule has 0 radical (unpaired) electrons. The molecular formula is C36H33N2OPt-. The molecule has 6 aromatic rings. The maximum atomic E-state index is 10.7. The zero-order valence-corrected chi connectivity index (χ0v) is 26.0. The van der Waals surface area contributed by atoms with Crippen molar-refractivity contribution in [3.63, 3.8) is 0 Å². The van der Waals surface area contributed by atoms with Crippen LogP contribution in [0.15, 0.2) is 84.9 Å². The SMILES string of the molecule is CC(C)(C)c1cc(-c2ccccc2O)nc2c1ccc1c(C(C)(C)C)cc(-c3cccc4ccc[c-]c34)nc12.[Pt]. The fourth-order valence-corrected chi connectivity index (χ4v) is 5.55. The van der Waals surface area contributed by atoms with Crippen LogP contribution in [-0.4, -0.2) is 15.1 Å². The Hall–Kier alpha value is -3.55. The first-order chi connectivity index (χ1) is 18.5. The van der Waals surface area contributed by atoms with Crippen molar-refractivity contribution in [3.8, 4) is 28.3 Å². The van der Waals surface area contributed by atoms with Crippen LogP contribution in [0.3, 0.4) is 0 Å². The van der Waals surface area contributed by atoms with E-state index in [1.807, 2.05) is 30.3 Å². The molecule has 1 N–H and O–H groups in total. The second kappa shape index (κ2) is 10.1. The smallest absolute Gasteiger partial charge is 0.124 e. The molecule has 4 heteroatoms. The molecule has 204 valence electrons. The molecule has 0 spiro atoms. The Morgan fingerprint density at radius 2 is 1.15 bits per heavy atom. The second-order valence-corrected chi connectivity index (χ2v) is 12.4. The minimum absolute atomic E-state index is 0. The van der Waals surface area contributed by atoms with Gasteiger partial charge < -0.3 is 5.11 Å². The van der Waals surface area contributed by atoms with E-state index in [2.05, 4.69) is 96.1 Å². The molecule has 6 rings (SSSR count). The Labute approximate surface area is 250 Å². The van der Waals surface area contributed by atoms with Crippen molar-refractivity contribution in [1.82, 2.24) is 9.97 Å². The zero-order valence-electron chi connectivity index (χ0n) is 23.7. The number of pyridine rings is 2. The second-order valence-electron chi connectivity index (χ2n) is 12.4. The average molecular weight is 705 g/mol. The third kappa shape index (κ3) is 4.82. The summed E-state index contributed by atoms with van der Waals surface area (Å²) >= 11 is 0. The van der Waals surface area contributed by atoms with E-state index in [9.17, 15) is 5.11 Å². The molecule has 0 fully saturated rings. The Bertz CT molecular complexity index is 1890. The van der Waals surface area contributed by atoms with Crippen molar-refractivity contribution in [2.75, 3.05) is 0 Å². The first-order valence-electron chi connectivity index (χ1n) is 13.5. The van der Waals surface area contributed by atoms with Gasteiger partial charge in [-0.05, 0) is 46.2 Å². The summed E-state index contributed by atoms with van der Waals surface area (Å²) in [5.41, 5.74) is 7.34. The number of para-hydroxylation sites is 1. The summed E-state index contributed by atoms with van der Waals surface area (Å²) in [6.45, 7) is 13.4. The fourth-order valence-electron chi connectivity index (χ4n) is 5.55. The third-order valence-corrected chi connectivity index (χ3v) is 7.53. The summed E-state index contributed by atoms with van der Waals surface area (Å²) < 4.78 is 0. The van der Waals surface area contributed by atoms with E-state index < -0.39 is 0 Å². The number of benzene rings is 4. The summed E-state index contributed by atoms with van der Waals surface area (Å²) in [6.07, 6.45) is 0. The van der Waals surface area contributed by atoms with Gasteiger partial charge in [-0.3, -0.25) is 4.98 Å². The van der Waals surface area contributed by atoms with Crippen LogP contribution < -0.4 is 0 Å². The minimum atomic E-state index is -0.136. The molecule has 2 aromatic heterocycles. The van der Waals surface area contributed by atoms with Gasteiger partial charge in [0.2, 0.25) is 0 Å². The number of aromatic nitrogens is 2. The number of hydrogen-bond donors (Lipinski definition) is 1. The first-order valence-corrected chi connectivity index (χ1v) is 13.5. The molecule has 0 saturated carbocycles. The maximum absolute atomic E-state index is 10.7. The number of aromatic hydroxyl groups is 1. The number of fused-ring (bicyclic) bond motifs is 4. The molecule has 0 aliphatic heterocycles. The van der Waals surface area contributed by atoms with Crippen molar-refractivity contribution in [2.24, 2.45) is 0 Å². The summed E-state index contributed by atoms with van der Waals surface area (Å²) in [5, 5.41) is 15.1. The number of nitrogens with zero attached hydrogens (tertiary/aromatic N) is 2. The summed E-state index contributed by atoms with van der Waals surface area (Å²) in [4.78, 5) is 10.5. The summed E-state index contributed by atoms with van der Waals surface area (Å²) in [7, 11) is 0. The van der Waals surface area contributed by atoms with Gasteiger partial charge in [0.15, 0.2) is 0 Å². The Balaban J connectivity index is 0.00000323. The molecule has 0 amide bonds. The van der Waals surface area contributed by atoms with Gasteiger partial charge in [-0.15, -0.1) is 35.0 Å². The molecule has 0 bridgehead atoms. The van der Waals surface area contributed by atoms with E-state index in [1.165, 1.54) is 11.1 Å². The molecule has 3 nitrogen and oxygen atoms in total. The van der Waals surface area contributed by atoms with Crippen LogP contribution in [0, 0.1) is 6.07 Å². The molecule has 0 saturated heterocycles. The number of rotatable bonds is 2. The van der Waals surface area contributed by atoms with Crippen LogP contribution >= 0.6 is 0 Å². The van der Waals surface area contributed by atoms with Crippen LogP contribution in [0.25, 0.3) is 55.1 Å². The van der Waals surface area contributed by atoms with Crippen molar-refractivity contribution < 1.29 is 26.2 Å². The minimum Gasteiger partial charge on any atom is -0.507 e. The van der Waals surface area contributed by atoms with Crippen molar-refractivity contribution >= 4 is 32.6 Å². The van der Waals surface area contributed by atoms with Crippen molar-refractivity contribution in [3.05, 3.63) is 102 Å². The van der Waals surface area contributed by atoms with E-state index in [0.717, 1.165) is 55.1 Å². The largest absolute Gasteiger partial charge is 0.507 e. The van der Waals surface area contributed by atoms with Crippen molar-refractivity contribution in [1.29, 1.82) is 0 Å². The summed E-state index contributed by atoms with van der Waals surface area (Å²) in [6, 6.07) is 32.1. The van der Waals surface area contributed by atoms with Gasteiger partial charge in [0.1, 0.15) is 5.75 Å². The topological polar surface area (TPSA) is 46.0 Å². The van der Waals surface area contributed by atoms with Crippen LogP contribution in [0.5, 0.6) is 5.75 Å². The van der Waals surface area contributed by atoms with Gasteiger partial charge in [-0.25, -0.2) is 4.98 Å². The zero-order chi connectivity index (χ0) is 27.5. The van der Waals surface area contributed by atoms with Crippen LogP contribution in [-0.2, 0) is 31.9 Å². The van der Waals surface area contributed by atoms with Crippen LogP contribution in [0.2, 0.25) is 0 Å². The predicted octanol–water partition coefficient (Wildman–Crippen LogP) is 9.37. The van der Waals surface area contributed by atoms with Gasteiger partial charge in [0, 0.05) is 43.1 Å². The molecular weight excluding hydrogens is 671 g/mol. The number of phenols is 1. The van der Waals surface area contributed by atoms with Crippen molar-refractivity contribution in [2.45, 2.75) is 52.4 Å². The van der Waals surface area contributed by atoms with E-state index >= 15 is 0 Å². The molecule has 0 unspecified atom stereocenters. The monoisotopic (exact) mass is 704 g/mol. The maximum Gasteiger partial charge on any atom is 0.124 e. The molecule has 2 heterocycles. The summed E-state index contributed by atoms with van der Waals surface area (Å²) in [5.74, 6) is 0.222. The molecule has 0 aliphatic carbocycles. The normalized spacial score (nSPS) is 12.2. The van der Waals surface area contributed by atoms with Crippen LogP contribution in [0.4, 0.5) is 0 Å². The first kappa shape index (κ1) is 28.0. The molecule has 0 aliphatic rings. The van der Waals surface area contributed by atoms with Gasteiger partial charge in [-0.2, -0.15) is 0 Å². The van der Waals surface area contributed by atoms with E-state index in [4.69, 9.17) is 9.97 Å². The molecule has 40 heavy (non-hydrogen) atoms. The Morgan fingerprint density at radius 3 is 1.73 bits per heavy atom. The predicted molar refractivity (Wildman–Crippen MR) is 163 cm³/mol. The average Bonchev–Trinajstić information content (AvgIpc) is 2.90. The molecule has 0 atom stereocenters. The van der Waals surface area contributed by atoms with E-state index in [0.29, 0.717) is 0 Å². The van der Waals surface area contributed by atoms with Crippen LogP contribution in [0.1, 0.15) is 52.7 Å². The standard InChI is InChI=1S/C36H33N2O.Pt/c1-35(2,3)28-20-30(24-16-11-13-22-12-7-8-14-23(22)24)37-33-25(28)18-19-26-29(36(4,5)6)21-31(38-34(26)33)27-15-9-10-17-32(27)39;/h7-13,15-21,39H,1-6H3;/q-1;. The van der Waals surface area contributed by atoms with Gasteiger partial charge in [0.05, 0.1) is 16.7 Å². The number of hydrogen-bond acceptors (Lipinski definition) is 3. The Kier molecular flexibility index (Phi) is 7.09. The number of phenolic OH excluding ortho intramolecular Hbond substituents is 1. The molecule has 4 aromatic carbocycles. The van der Waals surface area contributed by atoms with E-state index in [1.54, 1.807) is 6.07 Å². The third-order valence-electron chi connectivity index (χ3n) is 7.53. The Morgan fingerprint density at radius 1 is 0.625 bits per heavy atom. The van der Waals surface area contributed by atoms with Gasteiger partial charge in [0.25, 0.3) is 0 Å². The van der Waals surface area contributed by atoms with E-state index in [-0.39, 0.29) is 37.6 Å². The quantitative estimate of drug-likeness (QED) is 0.144.